The van der Waals surface area contributed by atoms with Gasteiger partial charge in [-0.25, -0.2) is 0 Å². The number of rotatable bonds is 8. The lowest BCUT2D eigenvalue weighted by atomic mass is 10.2. The van der Waals surface area contributed by atoms with Crippen molar-refractivity contribution in [2.75, 3.05) is 27.2 Å². The molecule has 0 spiro atoms. The zero-order chi connectivity index (χ0) is 23.1. The summed E-state index contributed by atoms with van der Waals surface area (Å²) >= 11 is 12.1. The van der Waals surface area contributed by atoms with E-state index >= 15 is 0 Å². The van der Waals surface area contributed by atoms with Gasteiger partial charge in [0.25, 0.3) is 11.8 Å². The maximum absolute atomic E-state index is 12.8. The first kappa shape index (κ1) is 23.6. The van der Waals surface area contributed by atoms with E-state index < -0.39 is 11.8 Å². The lowest BCUT2D eigenvalue weighted by molar-refractivity contribution is -0.117. The molecule has 3 aromatic rings. The fourth-order valence-corrected chi connectivity index (χ4v) is 3.11. The van der Waals surface area contributed by atoms with Gasteiger partial charge in [0, 0.05) is 30.3 Å². The first-order valence-corrected chi connectivity index (χ1v) is 10.7. The Bertz CT molecular complexity index is 1120. The third-order valence-electron chi connectivity index (χ3n) is 4.49. The summed E-state index contributed by atoms with van der Waals surface area (Å²) in [6, 6.07) is 17.3. The molecule has 0 aliphatic carbocycles. The molecule has 0 unspecified atom stereocenters. The summed E-state index contributed by atoms with van der Waals surface area (Å²) in [6.45, 7) is 1.09. The van der Waals surface area contributed by atoms with Gasteiger partial charge in [-0.1, -0.05) is 41.4 Å². The standard InChI is InChI=1S/C24H23Cl2N3O3/c1-29(2)13-12-27-24(31)21(28-23(30)16-6-4-3-5-7-16)15-18-9-11-22(32-18)17-8-10-19(25)20(26)14-17/h3-11,14-15H,12-13H2,1-2H3,(H,27,31)(H,28,30)/b21-15+. The van der Waals surface area contributed by atoms with E-state index in [1.54, 1.807) is 54.6 Å². The van der Waals surface area contributed by atoms with Crippen LogP contribution in [0.2, 0.25) is 10.0 Å². The molecule has 0 fully saturated rings. The second-order valence-electron chi connectivity index (χ2n) is 7.27. The Morgan fingerprint density at radius 3 is 2.44 bits per heavy atom. The molecule has 0 atom stereocenters. The van der Waals surface area contributed by atoms with E-state index in [-0.39, 0.29) is 5.70 Å². The van der Waals surface area contributed by atoms with Gasteiger partial charge in [-0.3, -0.25) is 9.59 Å². The minimum absolute atomic E-state index is 0.0765. The van der Waals surface area contributed by atoms with E-state index in [1.165, 1.54) is 6.08 Å². The maximum Gasteiger partial charge on any atom is 0.267 e. The summed E-state index contributed by atoms with van der Waals surface area (Å²) in [5.41, 5.74) is 1.26. The van der Waals surface area contributed by atoms with E-state index in [1.807, 2.05) is 25.1 Å². The van der Waals surface area contributed by atoms with Crippen molar-refractivity contribution in [1.82, 2.24) is 15.5 Å². The highest BCUT2D eigenvalue weighted by molar-refractivity contribution is 6.42. The van der Waals surface area contributed by atoms with E-state index in [0.29, 0.717) is 40.2 Å². The highest BCUT2D eigenvalue weighted by Gasteiger charge is 2.16. The zero-order valence-electron chi connectivity index (χ0n) is 17.7. The van der Waals surface area contributed by atoms with Crippen LogP contribution in [0.25, 0.3) is 17.4 Å². The smallest absolute Gasteiger partial charge is 0.267 e. The van der Waals surface area contributed by atoms with Crippen molar-refractivity contribution >= 4 is 41.1 Å². The molecule has 166 valence electrons. The van der Waals surface area contributed by atoms with E-state index in [9.17, 15) is 9.59 Å². The Labute approximate surface area is 196 Å². The minimum Gasteiger partial charge on any atom is -0.457 e. The highest BCUT2D eigenvalue weighted by Crippen LogP contribution is 2.30. The van der Waals surface area contributed by atoms with Gasteiger partial charge in [0.2, 0.25) is 0 Å². The largest absolute Gasteiger partial charge is 0.457 e. The molecule has 1 aromatic heterocycles. The predicted molar refractivity (Wildman–Crippen MR) is 128 cm³/mol. The fraction of sp³-hybridized carbons (Fsp3) is 0.167. The molecule has 0 radical (unpaired) electrons. The number of carbonyl (C=O) groups excluding carboxylic acids is 2. The van der Waals surface area contributed by atoms with Gasteiger partial charge in [-0.15, -0.1) is 0 Å². The topological polar surface area (TPSA) is 74.6 Å². The van der Waals surface area contributed by atoms with E-state index in [4.69, 9.17) is 27.6 Å². The number of benzene rings is 2. The van der Waals surface area contributed by atoms with Crippen LogP contribution >= 0.6 is 23.2 Å². The van der Waals surface area contributed by atoms with Crippen molar-refractivity contribution in [2.45, 2.75) is 0 Å². The lowest BCUT2D eigenvalue weighted by Gasteiger charge is -2.13. The molecule has 1 heterocycles. The van der Waals surface area contributed by atoms with Crippen LogP contribution in [0.15, 0.2) is 70.8 Å². The van der Waals surface area contributed by atoms with Gasteiger partial charge >= 0.3 is 0 Å². The number of nitrogens with one attached hydrogen (secondary N) is 2. The molecule has 0 aliphatic heterocycles. The molecule has 6 nitrogen and oxygen atoms in total. The van der Waals surface area contributed by atoms with Crippen LogP contribution < -0.4 is 10.6 Å². The van der Waals surface area contributed by atoms with E-state index in [2.05, 4.69) is 10.6 Å². The Morgan fingerprint density at radius 1 is 1.00 bits per heavy atom. The predicted octanol–water partition coefficient (Wildman–Crippen LogP) is 4.70. The zero-order valence-corrected chi connectivity index (χ0v) is 19.2. The first-order valence-electron chi connectivity index (χ1n) is 9.90. The quantitative estimate of drug-likeness (QED) is 0.466. The minimum atomic E-state index is -0.413. The number of furan rings is 1. The Hall–Kier alpha value is -3.06. The summed E-state index contributed by atoms with van der Waals surface area (Å²) in [7, 11) is 3.82. The molecule has 8 heteroatoms. The van der Waals surface area contributed by atoms with Crippen molar-refractivity contribution in [3.63, 3.8) is 0 Å². The highest BCUT2D eigenvalue weighted by atomic mass is 35.5. The van der Waals surface area contributed by atoms with Crippen molar-refractivity contribution in [2.24, 2.45) is 0 Å². The second kappa shape index (κ2) is 11.0. The van der Waals surface area contributed by atoms with Crippen molar-refractivity contribution in [1.29, 1.82) is 0 Å². The van der Waals surface area contributed by atoms with Crippen molar-refractivity contribution in [3.05, 3.63) is 87.7 Å². The van der Waals surface area contributed by atoms with Gasteiger partial charge in [0.1, 0.15) is 17.2 Å². The van der Waals surface area contributed by atoms with Gasteiger partial charge < -0.3 is 20.0 Å². The van der Waals surface area contributed by atoms with Crippen LogP contribution in [-0.4, -0.2) is 43.9 Å². The number of hydrogen-bond acceptors (Lipinski definition) is 4. The summed E-state index contributed by atoms with van der Waals surface area (Å²) in [4.78, 5) is 27.3. The average molecular weight is 472 g/mol. The molecule has 0 saturated heterocycles. The number of likely N-dealkylation sites (N-methyl/N-ethyl adjacent to an activating group) is 1. The fourth-order valence-electron chi connectivity index (χ4n) is 2.81. The van der Waals surface area contributed by atoms with Crippen LogP contribution in [0.3, 0.4) is 0 Å². The number of halogens is 2. The lowest BCUT2D eigenvalue weighted by Crippen LogP contribution is -2.37. The third-order valence-corrected chi connectivity index (χ3v) is 5.23. The molecular formula is C24H23Cl2N3O3. The molecular weight excluding hydrogens is 449 g/mol. The number of amides is 2. The van der Waals surface area contributed by atoms with Crippen LogP contribution in [-0.2, 0) is 4.79 Å². The molecule has 32 heavy (non-hydrogen) atoms. The maximum atomic E-state index is 12.8. The normalized spacial score (nSPS) is 11.5. The Kier molecular flexibility index (Phi) is 8.11. The number of nitrogens with zero attached hydrogens (tertiary/aromatic N) is 1. The Morgan fingerprint density at radius 2 is 1.75 bits per heavy atom. The third kappa shape index (κ3) is 6.47. The van der Waals surface area contributed by atoms with E-state index in [0.717, 1.165) is 5.56 Å². The molecule has 2 aromatic carbocycles. The monoisotopic (exact) mass is 471 g/mol. The van der Waals surface area contributed by atoms with Gasteiger partial charge in [0.05, 0.1) is 10.0 Å². The van der Waals surface area contributed by atoms with Crippen LogP contribution in [0, 0.1) is 0 Å². The Balaban J connectivity index is 1.84. The van der Waals surface area contributed by atoms with Gasteiger partial charge in [-0.05, 0) is 56.6 Å². The van der Waals surface area contributed by atoms with Crippen LogP contribution in [0.5, 0.6) is 0 Å². The number of carbonyl (C=O) groups is 2. The molecule has 2 amide bonds. The molecule has 0 bridgehead atoms. The summed E-state index contributed by atoms with van der Waals surface area (Å²) < 4.78 is 5.86. The van der Waals surface area contributed by atoms with Crippen LogP contribution in [0.4, 0.5) is 0 Å². The molecule has 2 N–H and O–H groups in total. The second-order valence-corrected chi connectivity index (χ2v) is 8.08. The summed E-state index contributed by atoms with van der Waals surface area (Å²) in [6.07, 6.45) is 1.49. The summed E-state index contributed by atoms with van der Waals surface area (Å²) in [5, 5.41) is 6.35. The van der Waals surface area contributed by atoms with Crippen LogP contribution in [0.1, 0.15) is 16.1 Å². The molecule has 0 aliphatic rings. The van der Waals surface area contributed by atoms with Crippen molar-refractivity contribution < 1.29 is 14.0 Å². The molecule has 3 rings (SSSR count). The average Bonchev–Trinajstić information content (AvgIpc) is 3.24. The SMILES string of the molecule is CN(C)CCNC(=O)/C(=C\c1ccc(-c2ccc(Cl)c(Cl)c2)o1)NC(=O)c1ccccc1. The summed E-state index contributed by atoms with van der Waals surface area (Å²) in [5.74, 6) is 0.147. The molecule has 0 saturated carbocycles. The van der Waals surface area contributed by atoms with Gasteiger partial charge in [-0.2, -0.15) is 0 Å². The number of hydrogen-bond donors (Lipinski definition) is 2. The van der Waals surface area contributed by atoms with Crippen molar-refractivity contribution in [3.8, 4) is 11.3 Å². The van der Waals surface area contributed by atoms with Gasteiger partial charge in [0.15, 0.2) is 0 Å². The first-order chi connectivity index (χ1) is 15.3.